The van der Waals surface area contributed by atoms with Crippen molar-refractivity contribution in [1.29, 1.82) is 0 Å². The lowest BCUT2D eigenvalue weighted by atomic mass is 9.69. The first kappa shape index (κ1) is 9.87. The lowest BCUT2D eigenvalue weighted by Gasteiger charge is -2.33. The Hall–Kier alpha value is -0.670. The SMILES string of the molecule is CC(C)C1C(F)(F)C12CC(C(=O)O)C2. The molecule has 0 aromatic rings. The van der Waals surface area contributed by atoms with E-state index in [4.69, 9.17) is 5.11 Å². The average molecular weight is 204 g/mol. The van der Waals surface area contributed by atoms with Crippen LogP contribution in [0.1, 0.15) is 26.7 Å². The zero-order valence-electron chi connectivity index (χ0n) is 8.26. The van der Waals surface area contributed by atoms with Gasteiger partial charge in [0.1, 0.15) is 0 Å². The van der Waals surface area contributed by atoms with Crippen molar-refractivity contribution in [3.63, 3.8) is 0 Å². The van der Waals surface area contributed by atoms with Crippen LogP contribution < -0.4 is 0 Å². The van der Waals surface area contributed by atoms with Crippen molar-refractivity contribution >= 4 is 5.97 Å². The molecule has 4 heteroatoms. The molecule has 0 amide bonds. The maximum Gasteiger partial charge on any atom is 0.306 e. The molecule has 0 aromatic carbocycles. The standard InChI is InChI=1S/C10H14F2O2/c1-5(2)7-9(10(7,11)12)3-6(4-9)8(13)14/h5-7H,3-4H2,1-2H3,(H,13,14). The number of carboxylic acids is 1. The highest BCUT2D eigenvalue weighted by Crippen LogP contribution is 2.78. The Kier molecular flexibility index (Phi) is 1.74. The van der Waals surface area contributed by atoms with E-state index < -0.39 is 29.1 Å². The topological polar surface area (TPSA) is 37.3 Å². The molecule has 2 aliphatic rings. The van der Waals surface area contributed by atoms with Crippen molar-refractivity contribution in [2.75, 3.05) is 0 Å². The minimum absolute atomic E-state index is 0.0558. The summed E-state index contributed by atoms with van der Waals surface area (Å²) in [5, 5.41) is 8.64. The van der Waals surface area contributed by atoms with Crippen LogP contribution in [0.3, 0.4) is 0 Å². The lowest BCUT2D eigenvalue weighted by molar-refractivity contribution is -0.149. The third-order valence-corrected chi connectivity index (χ3v) is 3.80. The van der Waals surface area contributed by atoms with Crippen LogP contribution >= 0.6 is 0 Å². The van der Waals surface area contributed by atoms with Gasteiger partial charge >= 0.3 is 5.97 Å². The smallest absolute Gasteiger partial charge is 0.306 e. The highest BCUT2D eigenvalue weighted by atomic mass is 19.3. The molecular weight excluding hydrogens is 190 g/mol. The van der Waals surface area contributed by atoms with Crippen molar-refractivity contribution in [2.45, 2.75) is 32.6 Å². The number of alkyl halides is 2. The summed E-state index contributed by atoms with van der Waals surface area (Å²) in [5.41, 5.74) is -0.954. The molecule has 0 heterocycles. The van der Waals surface area contributed by atoms with Gasteiger partial charge in [-0.05, 0) is 18.8 Å². The fourth-order valence-corrected chi connectivity index (χ4v) is 3.12. The maximum absolute atomic E-state index is 13.4. The summed E-state index contributed by atoms with van der Waals surface area (Å²) >= 11 is 0. The van der Waals surface area contributed by atoms with E-state index in [9.17, 15) is 13.6 Å². The molecule has 2 nitrogen and oxygen atoms in total. The zero-order chi connectivity index (χ0) is 10.7. The first-order valence-corrected chi connectivity index (χ1v) is 4.93. The zero-order valence-corrected chi connectivity index (χ0v) is 8.26. The highest BCUT2D eigenvalue weighted by molar-refractivity contribution is 5.72. The summed E-state index contributed by atoms with van der Waals surface area (Å²) in [5.74, 6) is -4.73. The molecule has 80 valence electrons. The average Bonchev–Trinajstić information content (AvgIpc) is 2.43. The molecule has 14 heavy (non-hydrogen) atoms. The summed E-state index contributed by atoms with van der Waals surface area (Å²) in [6.07, 6.45) is 0.330. The quantitative estimate of drug-likeness (QED) is 0.749. The normalized spacial score (nSPS) is 43.8. The van der Waals surface area contributed by atoms with E-state index in [1.54, 1.807) is 13.8 Å². The third-order valence-electron chi connectivity index (χ3n) is 3.80. The minimum atomic E-state index is -2.62. The molecule has 1 spiro atoms. The number of carboxylic acid groups (broad SMARTS) is 1. The molecule has 2 saturated carbocycles. The first-order valence-electron chi connectivity index (χ1n) is 4.93. The predicted molar refractivity (Wildman–Crippen MR) is 46.1 cm³/mol. The summed E-state index contributed by atoms with van der Waals surface area (Å²) in [6, 6.07) is 0. The molecule has 1 atom stereocenters. The van der Waals surface area contributed by atoms with E-state index in [0.717, 1.165) is 0 Å². The Balaban J connectivity index is 2.06. The number of carbonyl (C=O) groups is 1. The van der Waals surface area contributed by atoms with Crippen LogP contribution in [-0.2, 0) is 4.79 Å². The van der Waals surface area contributed by atoms with Crippen LogP contribution in [-0.4, -0.2) is 17.0 Å². The van der Waals surface area contributed by atoms with E-state index in [2.05, 4.69) is 0 Å². The molecule has 2 aliphatic carbocycles. The molecule has 0 radical (unpaired) electrons. The number of hydrogen-bond acceptors (Lipinski definition) is 1. The molecule has 2 fully saturated rings. The Morgan fingerprint density at radius 1 is 1.43 bits per heavy atom. The van der Waals surface area contributed by atoms with E-state index in [0.29, 0.717) is 0 Å². The Morgan fingerprint density at radius 3 is 2.21 bits per heavy atom. The van der Waals surface area contributed by atoms with Crippen LogP contribution in [0.15, 0.2) is 0 Å². The maximum atomic E-state index is 13.4. The molecule has 1 unspecified atom stereocenters. The minimum Gasteiger partial charge on any atom is -0.481 e. The van der Waals surface area contributed by atoms with Crippen molar-refractivity contribution in [2.24, 2.45) is 23.2 Å². The van der Waals surface area contributed by atoms with Gasteiger partial charge in [0.2, 0.25) is 0 Å². The molecule has 1 N–H and O–H groups in total. The number of halogens is 2. The van der Waals surface area contributed by atoms with E-state index in [-0.39, 0.29) is 18.8 Å². The fraction of sp³-hybridized carbons (Fsp3) is 0.900. The van der Waals surface area contributed by atoms with Crippen LogP contribution in [0, 0.1) is 23.2 Å². The molecule has 0 aliphatic heterocycles. The van der Waals surface area contributed by atoms with Gasteiger partial charge in [-0.1, -0.05) is 13.8 Å². The van der Waals surface area contributed by atoms with Gasteiger partial charge in [-0.15, -0.1) is 0 Å². The molecule has 0 bridgehead atoms. The van der Waals surface area contributed by atoms with Crippen LogP contribution in [0.25, 0.3) is 0 Å². The molecule has 0 aromatic heterocycles. The number of aliphatic carboxylic acids is 1. The summed E-state index contributed by atoms with van der Waals surface area (Å²) < 4.78 is 26.8. The van der Waals surface area contributed by atoms with Crippen molar-refractivity contribution in [3.05, 3.63) is 0 Å². The van der Waals surface area contributed by atoms with Gasteiger partial charge in [0.05, 0.1) is 5.92 Å². The van der Waals surface area contributed by atoms with Gasteiger partial charge in [0.15, 0.2) is 0 Å². The van der Waals surface area contributed by atoms with Gasteiger partial charge in [-0.25, -0.2) is 8.78 Å². The predicted octanol–water partition coefficient (Wildman–Crippen LogP) is 2.39. The van der Waals surface area contributed by atoms with E-state index in [1.165, 1.54) is 0 Å². The summed E-state index contributed by atoms with van der Waals surface area (Å²) in [4.78, 5) is 10.5. The lowest BCUT2D eigenvalue weighted by Crippen LogP contribution is -2.36. The van der Waals surface area contributed by atoms with Gasteiger partial charge in [0.25, 0.3) is 5.92 Å². The Bertz CT molecular complexity index is 280. The van der Waals surface area contributed by atoms with Crippen molar-refractivity contribution < 1.29 is 18.7 Å². The van der Waals surface area contributed by atoms with E-state index >= 15 is 0 Å². The molecule has 0 saturated heterocycles. The second-order valence-corrected chi connectivity index (χ2v) is 4.94. The highest BCUT2D eigenvalue weighted by Gasteiger charge is 2.84. The second kappa shape index (κ2) is 2.47. The van der Waals surface area contributed by atoms with Crippen LogP contribution in [0.2, 0.25) is 0 Å². The largest absolute Gasteiger partial charge is 0.481 e. The van der Waals surface area contributed by atoms with Gasteiger partial charge < -0.3 is 5.11 Å². The van der Waals surface area contributed by atoms with Gasteiger partial charge in [0, 0.05) is 11.3 Å². The summed E-state index contributed by atoms with van der Waals surface area (Å²) in [7, 11) is 0. The van der Waals surface area contributed by atoms with Crippen LogP contribution in [0.5, 0.6) is 0 Å². The summed E-state index contributed by atoms with van der Waals surface area (Å²) in [6.45, 7) is 3.56. The molecule has 2 rings (SSSR count). The fourth-order valence-electron chi connectivity index (χ4n) is 3.12. The third kappa shape index (κ3) is 0.916. The van der Waals surface area contributed by atoms with Crippen LogP contribution in [0.4, 0.5) is 8.78 Å². The first-order chi connectivity index (χ1) is 6.33. The Labute approximate surface area is 81.3 Å². The van der Waals surface area contributed by atoms with Crippen molar-refractivity contribution in [1.82, 2.24) is 0 Å². The number of rotatable bonds is 2. The van der Waals surface area contributed by atoms with Gasteiger partial charge in [-0.3, -0.25) is 4.79 Å². The van der Waals surface area contributed by atoms with Crippen molar-refractivity contribution in [3.8, 4) is 0 Å². The molecular formula is C10H14F2O2. The van der Waals surface area contributed by atoms with Gasteiger partial charge in [-0.2, -0.15) is 0 Å². The second-order valence-electron chi connectivity index (χ2n) is 4.94. The Morgan fingerprint density at radius 2 is 1.93 bits per heavy atom. The number of hydrogen-bond donors (Lipinski definition) is 1. The van der Waals surface area contributed by atoms with E-state index in [1.807, 2.05) is 0 Å². The monoisotopic (exact) mass is 204 g/mol.